The maximum absolute atomic E-state index is 5.79. The molecule has 0 radical (unpaired) electrons. The number of rotatable bonds is 6. The second-order valence-corrected chi connectivity index (χ2v) is 5.56. The van der Waals surface area contributed by atoms with Crippen molar-refractivity contribution in [2.45, 2.75) is 39.3 Å². The Hall–Kier alpha value is -1.80. The minimum atomic E-state index is 0.187. The zero-order valence-electron chi connectivity index (χ0n) is 13.4. The van der Waals surface area contributed by atoms with Crippen LogP contribution in [0.25, 0.3) is 0 Å². The number of hydrogen-bond donors (Lipinski definition) is 1. The van der Waals surface area contributed by atoms with E-state index in [9.17, 15) is 0 Å². The maximum Gasteiger partial charge on any atom is 0.120 e. The van der Waals surface area contributed by atoms with Crippen LogP contribution in [0.2, 0.25) is 0 Å². The molecule has 1 atom stereocenters. The highest BCUT2D eigenvalue weighted by molar-refractivity contribution is 5.37. The van der Waals surface area contributed by atoms with Crippen LogP contribution in [-0.2, 0) is 6.42 Å². The highest BCUT2D eigenvalue weighted by atomic mass is 16.5. The molecule has 2 nitrogen and oxygen atoms in total. The molecule has 0 amide bonds. The predicted octanol–water partition coefficient (Wildman–Crippen LogP) is 4.35. The van der Waals surface area contributed by atoms with Gasteiger partial charge in [-0.1, -0.05) is 43.3 Å². The van der Waals surface area contributed by atoms with E-state index >= 15 is 0 Å². The Labute approximate surface area is 128 Å². The van der Waals surface area contributed by atoms with Gasteiger partial charge in [-0.25, -0.2) is 0 Å². The maximum atomic E-state index is 5.79. The van der Waals surface area contributed by atoms with Gasteiger partial charge >= 0.3 is 0 Å². The molecule has 0 aliphatic heterocycles. The highest BCUT2D eigenvalue weighted by Crippen LogP contribution is 2.25. The van der Waals surface area contributed by atoms with Crippen molar-refractivity contribution in [3.8, 4) is 5.75 Å². The van der Waals surface area contributed by atoms with E-state index in [0.29, 0.717) is 0 Å². The Bertz CT molecular complexity index is 560. The lowest BCUT2D eigenvalue weighted by molar-refractivity contribution is 0.242. The van der Waals surface area contributed by atoms with Crippen LogP contribution in [0.4, 0.5) is 0 Å². The largest absolute Gasteiger partial charge is 0.491 e. The van der Waals surface area contributed by atoms with E-state index in [-0.39, 0.29) is 12.1 Å². The van der Waals surface area contributed by atoms with Gasteiger partial charge in [0.2, 0.25) is 0 Å². The number of nitrogens with one attached hydrogen (secondary N) is 1. The van der Waals surface area contributed by atoms with Crippen molar-refractivity contribution in [1.29, 1.82) is 0 Å². The third-order valence-electron chi connectivity index (χ3n) is 3.57. The zero-order valence-corrected chi connectivity index (χ0v) is 13.4. The molecule has 0 saturated heterocycles. The van der Waals surface area contributed by atoms with E-state index in [1.807, 2.05) is 27.0 Å². The fourth-order valence-corrected chi connectivity index (χ4v) is 2.51. The van der Waals surface area contributed by atoms with Crippen molar-refractivity contribution in [3.05, 3.63) is 65.2 Å². The molecule has 0 bridgehead atoms. The Balaban J connectivity index is 2.27. The molecule has 2 rings (SSSR count). The summed E-state index contributed by atoms with van der Waals surface area (Å²) in [5.41, 5.74) is 3.86. The van der Waals surface area contributed by atoms with Crippen LogP contribution in [0, 0.1) is 0 Å². The van der Waals surface area contributed by atoms with Crippen LogP contribution in [0.15, 0.2) is 48.5 Å². The summed E-state index contributed by atoms with van der Waals surface area (Å²) >= 11 is 0. The van der Waals surface area contributed by atoms with Gasteiger partial charge in [-0.05, 0) is 56.1 Å². The average Bonchev–Trinajstić information content (AvgIpc) is 2.48. The van der Waals surface area contributed by atoms with Gasteiger partial charge in [0.1, 0.15) is 5.75 Å². The fourth-order valence-electron chi connectivity index (χ4n) is 2.51. The molecular weight excluding hydrogens is 258 g/mol. The van der Waals surface area contributed by atoms with Gasteiger partial charge in [-0.3, -0.25) is 0 Å². The molecule has 0 saturated carbocycles. The quantitative estimate of drug-likeness (QED) is 0.851. The Kier molecular flexibility index (Phi) is 5.40. The highest BCUT2D eigenvalue weighted by Gasteiger charge is 2.12. The fraction of sp³-hybridized carbons (Fsp3) is 0.368. The van der Waals surface area contributed by atoms with Crippen molar-refractivity contribution < 1.29 is 4.74 Å². The Morgan fingerprint density at radius 3 is 2.29 bits per heavy atom. The normalized spacial score (nSPS) is 12.4. The molecule has 0 aliphatic carbocycles. The van der Waals surface area contributed by atoms with Crippen molar-refractivity contribution in [1.82, 2.24) is 5.32 Å². The summed E-state index contributed by atoms with van der Waals surface area (Å²) in [6.07, 6.45) is 1.26. The molecule has 2 heteroatoms. The summed E-state index contributed by atoms with van der Waals surface area (Å²) in [6, 6.07) is 17.3. The van der Waals surface area contributed by atoms with E-state index < -0.39 is 0 Å². The molecule has 0 fully saturated rings. The first-order valence-corrected chi connectivity index (χ1v) is 7.66. The Morgan fingerprint density at radius 1 is 1.00 bits per heavy atom. The average molecular weight is 283 g/mol. The van der Waals surface area contributed by atoms with Crippen LogP contribution in [0.1, 0.15) is 43.5 Å². The standard InChI is InChI=1S/C19H25NO/c1-5-15-9-11-16(12-10-15)19(20-4)17-7-6-8-18(13-17)21-14(2)3/h6-14,19-20H,5H2,1-4H3. The lowest BCUT2D eigenvalue weighted by Gasteiger charge is -2.19. The predicted molar refractivity (Wildman–Crippen MR) is 88.9 cm³/mol. The minimum absolute atomic E-state index is 0.187. The molecule has 1 unspecified atom stereocenters. The topological polar surface area (TPSA) is 21.3 Å². The SMILES string of the molecule is CCc1ccc(C(NC)c2cccc(OC(C)C)c2)cc1. The van der Waals surface area contributed by atoms with Gasteiger partial charge in [0, 0.05) is 0 Å². The van der Waals surface area contributed by atoms with Gasteiger partial charge in [0.25, 0.3) is 0 Å². The number of hydrogen-bond acceptors (Lipinski definition) is 2. The van der Waals surface area contributed by atoms with Crippen molar-refractivity contribution in [2.75, 3.05) is 7.05 Å². The van der Waals surface area contributed by atoms with Gasteiger partial charge in [-0.2, -0.15) is 0 Å². The van der Waals surface area contributed by atoms with Gasteiger partial charge < -0.3 is 10.1 Å². The number of aryl methyl sites for hydroxylation is 1. The summed E-state index contributed by atoms with van der Waals surface area (Å²) in [5, 5.41) is 3.40. The summed E-state index contributed by atoms with van der Waals surface area (Å²) in [7, 11) is 1.99. The van der Waals surface area contributed by atoms with E-state index in [4.69, 9.17) is 4.74 Å². The molecule has 0 aliphatic rings. The summed E-state index contributed by atoms with van der Waals surface area (Å²) in [4.78, 5) is 0. The molecule has 2 aromatic rings. The second-order valence-electron chi connectivity index (χ2n) is 5.56. The third-order valence-corrected chi connectivity index (χ3v) is 3.57. The van der Waals surface area contributed by atoms with E-state index in [1.54, 1.807) is 0 Å². The zero-order chi connectivity index (χ0) is 15.2. The molecule has 0 aromatic heterocycles. The minimum Gasteiger partial charge on any atom is -0.491 e. The lowest BCUT2D eigenvalue weighted by Crippen LogP contribution is -2.18. The van der Waals surface area contributed by atoms with Crippen molar-refractivity contribution in [3.63, 3.8) is 0 Å². The van der Waals surface area contributed by atoms with E-state index in [0.717, 1.165) is 12.2 Å². The second kappa shape index (κ2) is 7.28. The van der Waals surface area contributed by atoms with Gasteiger partial charge in [0.15, 0.2) is 0 Å². The van der Waals surface area contributed by atoms with Crippen LogP contribution < -0.4 is 10.1 Å². The number of benzene rings is 2. The molecule has 2 aromatic carbocycles. The third kappa shape index (κ3) is 4.08. The smallest absolute Gasteiger partial charge is 0.120 e. The van der Waals surface area contributed by atoms with E-state index in [1.165, 1.54) is 16.7 Å². The summed E-state index contributed by atoms with van der Waals surface area (Å²) in [5.74, 6) is 0.924. The first kappa shape index (κ1) is 15.6. The molecule has 112 valence electrons. The molecule has 0 heterocycles. The first-order valence-electron chi connectivity index (χ1n) is 7.66. The Morgan fingerprint density at radius 2 is 1.71 bits per heavy atom. The molecule has 1 N–H and O–H groups in total. The summed E-state index contributed by atoms with van der Waals surface area (Å²) < 4.78 is 5.79. The van der Waals surface area contributed by atoms with Crippen molar-refractivity contribution >= 4 is 0 Å². The van der Waals surface area contributed by atoms with Gasteiger partial charge in [0.05, 0.1) is 12.1 Å². The summed E-state index contributed by atoms with van der Waals surface area (Å²) in [6.45, 7) is 6.27. The van der Waals surface area contributed by atoms with Crippen LogP contribution in [0.5, 0.6) is 5.75 Å². The van der Waals surface area contributed by atoms with Crippen LogP contribution in [0.3, 0.4) is 0 Å². The molecular formula is C19H25NO. The lowest BCUT2D eigenvalue weighted by atomic mass is 9.97. The monoisotopic (exact) mass is 283 g/mol. The van der Waals surface area contributed by atoms with Crippen LogP contribution in [-0.4, -0.2) is 13.2 Å². The molecule has 0 spiro atoms. The van der Waals surface area contributed by atoms with Gasteiger partial charge in [-0.15, -0.1) is 0 Å². The molecule has 21 heavy (non-hydrogen) atoms. The first-order chi connectivity index (χ1) is 10.1. The number of ether oxygens (including phenoxy) is 1. The van der Waals surface area contributed by atoms with Crippen LogP contribution >= 0.6 is 0 Å². The van der Waals surface area contributed by atoms with Crippen molar-refractivity contribution in [2.24, 2.45) is 0 Å². The van der Waals surface area contributed by atoms with E-state index in [2.05, 4.69) is 54.7 Å².